The third-order valence-corrected chi connectivity index (χ3v) is 2.02. The van der Waals surface area contributed by atoms with E-state index in [9.17, 15) is 14.9 Å². The molecule has 116 valence electrons. The van der Waals surface area contributed by atoms with Crippen LogP contribution in [0.4, 0.5) is 4.79 Å². The summed E-state index contributed by atoms with van der Waals surface area (Å²) < 4.78 is 19.6. The number of hydrogen-bond acceptors (Lipinski definition) is 8. The fourth-order valence-electron chi connectivity index (χ4n) is 1.23. The second kappa shape index (κ2) is 9.23. The molecule has 0 saturated carbocycles. The Hall–Kier alpha value is -2.71. The summed E-state index contributed by atoms with van der Waals surface area (Å²) in [6.45, 7) is 1.42. The summed E-state index contributed by atoms with van der Waals surface area (Å²) in [7, 11) is 0. The third-order valence-electron chi connectivity index (χ3n) is 2.02. The summed E-state index contributed by atoms with van der Waals surface area (Å²) in [6.07, 6.45) is -0.818. The van der Waals surface area contributed by atoms with Crippen LogP contribution in [-0.2, 0) is 14.3 Å². The lowest BCUT2D eigenvalue weighted by Gasteiger charge is -2.09. The maximum atomic E-state index is 10.9. The molecule has 0 radical (unpaired) electrons. The van der Waals surface area contributed by atoms with Gasteiger partial charge in [-0.25, -0.2) is 4.79 Å². The first-order valence-electron chi connectivity index (χ1n) is 6.04. The highest BCUT2D eigenvalue weighted by Gasteiger charge is 2.03. The van der Waals surface area contributed by atoms with Crippen molar-refractivity contribution in [3.8, 4) is 11.5 Å². The van der Waals surface area contributed by atoms with Gasteiger partial charge in [0.1, 0.15) is 24.7 Å². The Balaban J connectivity index is 2.31. The van der Waals surface area contributed by atoms with Crippen LogP contribution in [0, 0.1) is 10.1 Å². The summed E-state index contributed by atoms with van der Waals surface area (Å²) in [5.41, 5.74) is 0. The zero-order valence-corrected chi connectivity index (χ0v) is 11.4. The Bertz CT molecular complexity index is 464. The van der Waals surface area contributed by atoms with Gasteiger partial charge in [-0.1, -0.05) is 6.07 Å². The van der Waals surface area contributed by atoms with Gasteiger partial charge in [0.05, 0.1) is 6.61 Å². The zero-order valence-electron chi connectivity index (χ0n) is 11.4. The van der Waals surface area contributed by atoms with E-state index in [1.807, 2.05) is 0 Å². The van der Waals surface area contributed by atoms with Crippen molar-refractivity contribution in [2.45, 2.75) is 6.92 Å². The molecular formula is C12H15NO8. The minimum atomic E-state index is -0.893. The smallest absolute Gasteiger partial charge is 0.491 e. The fraction of sp³-hybridized carbons (Fsp3) is 0.417. The van der Waals surface area contributed by atoms with E-state index in [0.29, 0.717) is 11.5 Å². The van der Waals surface area contributed by atoms with Gasteiger partial charge in [0, 0.05) is 6.07 Å². The molecule has 9 nitrogen and oxygen atoms in total. The summed E-state index contributed by atoms with van der Waals surface area (Å²) in [6, 6.07) is 6.48. The highest BCUT2D eigenvalue weighted by Crippen LogP contribution is 2.19. The number of hydrogen-bond donors (Lipinski definition) is 0. The van der Waals surface area contributed by atoms with E-state index >= 15 is 0 Å². The van der Waals surface area contributed by atoms with Crippen molar-refractivity contribution in [3.05, 3.63) is 34.4 Å². The average Bonchev–Trinajstić information content (AvgIpc) is 2.44. The molecule has 0 N–H and O–H groups in total. The molecule has 0 amide bonds. The maximum Gasteiger partial charge on any atom is 0.511 e. The van der Waals surface area contributed by atoms with Crippen molar-refractivity contribution in [2.24, 2.45) is 0 Å². The van der Waals surface area contributed by atoms with Gasteiger partial charge in [0.2, 0.25) is 6.79 Å². The van der Waals surface area contributed by atoms with Gasteiger partial charge in [0.15, 0.2) is 0 Å². The van der Waals surface area contributed by atoms with E-state index in [0.717, 1.165) is 0 Å². The minimum Gasteiger partial charge on any atom is -0.491 e. The predicted molar refractivity (Wildman–Crippen MR) is 68.5 cm³/mol. The van der Waals surface area contributed by atoms with Gasteiger partial charge in [0.25, 0.3) is 5.09 Å². The van der Waals surface area contributed by atoms with Crippen LogP contribution in [0.15, 0.2) is 24.3 Å². The summed E-state index contributed by atoms with van der Waals surface area (Å²) >= 11 is 0. The van der Waals surface area contributed by atoms with E-state index in [1.54, 1.807) is 31.2 Å². The van der Waals surface area contributed by atoms with Crippen LogP contribution in [0.3, 0.4) is 0 Å². The van der Waals surface area contributed by atoms with E-state index < -0.39 is 11.2 Å². The topological polar surface area (TPSA) is 106 Å². The second-order valence-electron chi connectivity index (χ2n) is 3.47. The van der Waals surface area contributed by atoms with Crippen molar-refractivity contribution >= 4 is 6.16 Å². The summed E-state index contributed by atoms with van der Waals surface area (Å²) in [5.74, 6) is 0.850. The molecule has 0 aromatic heterocycles. The number of carbonyl (C=O) groups excluding carboxylic acids is 1. The van der Waals surface area contributed by atoms with E-state index in [1.165, 1.54) is 0 Å². The number of benzene rings is 1. The molecule has 1 aromatic carbocycles. The molecule has 0 atom stereocenters. The Labute approximate surface area is 120 Å². The minimum absolute atomic E-state index is 0.0176. The first-order chi connectivity index (χ1) is 10.1. The molecular weight excluding hydrogens is 286 g/mol. The van der Waals surface area contributed by atoms with Crippen molar-refractivity contribution in [1.29, 1.82) is 0 Å². The summed E-state index contributed by atoms with van der Waals surface area (Å²) in [4.78, 5) is 25.0. The standard InChI is InChI=1S/C12H15NO8/c1-2-17-12(14)20-9-19-11-5-3-4-10(8-11)18-6-7-21-13(15)16/h3-5,8H,2,6-7,9H2,1H3. The van der Waals surface area contributed by atoms with Crippen LogP contribution in [0.1, 0.15) is 6.92 Å². The number of ether oxygens (including phenoxy) is 4. The van der Waals surface area contributed by atoms with Crippen LogP contribution in [0.5, 0.6) is 11.5 Å². The lowest BCUT2D eigenvalue weighted by Crippen LogP contribution is -2.12. The number of rotatable bonds is 9. The van der Waals surface area contributed by atoms with Gasteiger partial charge >= 0.3 is 6.16 Å². The van der Waals surface area contributed by atoms with Crippen LogP contribution < -0.4 is 9.47 Å². The molecule has 21 heavy (non-hydrogen) atoms. The fourth-order valence-corrected chi connectivity index (χ4v) is 1.23. The van der Waals surface area contributed by atoms with Crippen molar-refractivity contribution < 1.29 is 33.7 Å². The van der Waals surface area contributed by atoms with Gasteiger partial charge in [-0.3, -0.25) is 0 Å². The molecule has 0 aliphatic carbocycles. The lowest BCUT2D eigenvalue weighted by atomic mass is 10.3. The first kappa shape index (κ1) is 16.3. The molecule has 1 aromatic rings. The van der Waals surface area contributed by atoms with Crippen LogP contribution in [0.25, 0.3) is 0 Å². The third kappa shape index (κ3) is 7.45. The molecule has 0 fully saturated rings. The molecule has 0 saturated heterocycles. The highest BCUT2D eigenvalue weighted by atomic mass is 17.0. The SMILES string of the molecule is CCOC(=O)OCOc1cccc(OCCO[N+](=O)[O-])c1. The van der Waals surface area contributed by atoms with E-state index in [-0.39, 0.29) is 26.6 Å². The van der Waals surface area contributed by atoms with E-state index in [4.69, 9.17) is 9.47 Å². The quantitative estimate of drug-likeness (QED) is 0.223. The van der Waals surface area contributed by atoms with Crippen LogP contribution in [-0.4, -0.2) is 37.9 Å². The Morgan fingerprint density at radius 1 is 1.19 bits per heavy atom. The highest BCUT2D eigenvalue weighted by molar-refractivity contribution is 5.59. The molecule has 0 heterocycles. The summed E-state index contributed by atoms with van der Waals surface area (Å²) in [5, 5.41) is 9.05. The number of nitrogens with zero attached hydrogens (tertiary/aromatic N) is 1. The average molecular weight is 301 g/mol. The molecule has 0 aliphatic rings. The molecule has 0 aliphatic heterocycles. The van der Waals surface area contributed by atoms with Crippen LogP contribution in [0.2, 0.25) is 0 Å². The van der Waals surface area contributed by atoms with Crippen molar-refractivity contribution in [2.75, 3.05) is 26.6 Å². The molecule has 0 unspecified atom stereocenters. The second-order valence-corrected chi connectivity index (χ2v) is 3.47. The van der Waals surface area contributed by atoms with Crippen molar-refractivity contribution in [3.63, 3.8) is 0 Å². The molecule has 9 heteroatoms. The Morgan fingerprint density at radius 3 is 2.57 bits per heavy atom. The largest absolute Gasteiger partial charge is 0.511 e. The lowest BCUT2D eigenvalue weighted by molar-refractivity contribution is -0.757. The Kier molecular flexibility index (Phi) is 7.19. The first-order valence-corrected chi connectivity index (χ1v) is 6.04. The van der Waals surface area contributed by atoms with Gasteiger partial charge in [-0.15, -0.1) is 10.1 Å². The monoisotopic (exact) mass is 301 g/mol. The predicted octanol–water partition coefficient (Wildman–Crippen LogP) is 1.78. The zero-order chi connectivity index (χ0) is 15.5. The van der Waals surface area contributed by atoms with Crippen LogP contribution >= 0.6 is 0 Å². The normalized spacial score (nSPS) is 9.57. The van der Waals surface area contributed by atoms with E-state index in [2.05, 4.69) is 14.3 Å². The Morgan fingerprint density at radius 2 is 1.90 bits per heavy atom. The molecule has 1 rings (SSSR count). The molecule has 0 bridgehead atoms. The van der Waals surface area contributed by atoms with Gasteiger partial charge in [-0.2, -0.15) is 0 Å². The van der Waals surface area contributed by atoms with Gasteiger partial charge in [-0.05, 0) is 19.1 Å². The number of carbonyl (C=O) groups is 1. The maximum absolute atomic E-state index is 10.9. The molecule has 0 spiro atoms. The van der Waals surface area contributed by atoms with Gasteiger partial charge < -0.3 is 23.8 Å². The van der Waals surface area contributed by atoms with Crippen molar-refractivity contribution in [1.82, 2.24) is 0 Å².